The highest BCUT2D eigenvalue weighted by Gasteiger charge is 2.40. The summed E-state index contributed by atoms with van der Waals surface area (Å²) in [6.45, 7) is 2.62. The topological polar surface area (TPSA) is 12.0 Å². The van der Waals surface area contributed by atoms with E-state index in [1.54, 1.807) is 0 Å². The fourth-order valence-electron chi connectivity index (χ4n) is 1.26. The summed E-state index contributed by atoms with van der Waals surface area (Å²) in [5.41, 5.74) is 0. The van der Waals surface area contributed by atoms with Gasteiger partial charge in [-0.15, -0.1) is 0 Å². The Hall–Kier alpha value is -0.0400. The van der Waals surface area contributed by atoms with E-state index in [0.717, 1.165) is 11.8 Å². The number of fused-ring (bicyclic) bond motifs is 1. The number of hydrogen-bond acceptors (Lipinski definition) is 1. The van der Waals surface area contributed by atoms with Crippen molar-refractivity contribution < 1.29 is 0 Å². The van der Waals surface area contributed by atoms with Crippen molar-refractivity contribution in [3.63, 3.8) is 0 Å². The van der Waals surface area contributed by atoms with Gasteiger partial charge in [-0.3, -0.25) is 0 Å². The van der Waals surface area contributed by atoms with Gasteiger partial charge in [0.05, 0.1) is 0 Å². The summed E-state index contributed by atoms with van der Waals surface area (Å²) in [7, 11) is 0. The summed E-state index contributed by atoms with van der Waals surface area (Å²) in [5, 5.41) is 3.32. The molecule has 2 rings (SSSR count). The van der Waals surface area contributed by atoms with Crippen LogP contribution in [0.2, 0.25) is 0 Å². The van der Waals surface area contributed by atoms with Gasteiger partial charge in [-0.2, -0.15) is 0 Å². The zero-order chi connectivity index (χ0) is 3.98. The molecule has 6 heavy (non-hydrogen) atoms. The number of rotatable bonds is 0. The van der Waals surface area contributed by atoms with E-state index in [0.29, 0.717) is 0 Å². The van der Waals surface area contributed by atoms with E-state index in [1.165, 1.54) is 19.5 Å². The first-order valence-electron chi connectivity index (χ1n) is 2.67. The van der Waals surface area contributed by atoms with Crippen LogP contribution in [0.4, 0.5) is 0 Å². The molecule has 0 amide bonds. The Morgan fingerprint density at radius 2 is 1.83 bits per heavy atom. The third-order valence-corrected chi connectivity index (χ3v) is 1.88. The summed E-state index contributed by atoms with van der Waals surface area (Å²) in [6, 6.07) is 0. The van der Waals surface area contributed by atoms with Gasteiger partial charge in [0.15, 0.2) is 0 Å². The second kappa shape index (κ2) is 0.784. The van der Waals surface area contributed by atoms with E-state index in [4.69, 9.17) is 0 Å². The molecule has 2 fully saturated rings. The second-order valence-corrected chi connectivity index (χ2v) is 2.41. The van der Waals surface area contributed by atoms with E-state index in [9.17, 15) is 0 Å². The standard InChI is InChI=1S/C5H9N/c1-4-2-6-3-5(1)4/h4-6H,1-3H2/t4-,5?/m1/s1. The Labute approximate surface area is 37.7 Å². The molecule has 0 aromatic rings. The maximum absolute atomic E-state index is 3.32. The van der Waals surface area contributed by atoms with Crippen LogP contribution in [-0.4, -0.2) is 13.1 Å². The molecule has 1 heteroatoms. The summed E-state index contributed by atoms with van der Waals surface area (Å²) < 4.78 is 0. The van der Waals surface area contributed by atoms with Crippen molar-refractivity contribution in [2.45, 2.75) is 6.42 Å². The molecular formula is C5H9N. The molecule has 1 saturated carbocycles. The maximum Gasteiger partial charge on any atom is -0.00172 e. The monoisotopic (exact) mass is 83.1 g/mol. The molecule has 1 unspecified atom stereocenters. The van der Waals surface area contributed by atoms with Crippen molar-refractivity contribution in [2.24, 2.45) is 11.8 Å². The predicted octanol–water partition coefficient (Wildman–Crippen LogP) is 0.226. The van der Waals surface area contributed by atoms with Gasteiger partial charge in [-0.05, 0) is 31.3 Å². The van der Waals surface area contributed by atoms with Crippen LogP contribution in [0.5, 0.6) is 0 Å². The van der Waals surface area contributed by atoms with Crippen LogP contribution in [-0.2, 0) is 0 Å². The summed E-state index contributed by atoms with van der Waals surface area (Å²) >= 11 is 0. The van der Waals surface area contributed by atoms with Crippen molar-refractivity contribution >= 4 is 0 Å². The van der Waals surface area contributed by atoms with E-state index in [2.05, 4.69) is 5.32 Å². The van der Waals surface area contributed by atoms with Gasteiger partial charge in [0.1, 0.15) is 0 Å². The van der Waals surface area contributed by atoms with Gasteiger partial charge in [-0.1, -0.05) is 0 Å². The van der Waals surface area contributed by atoms with Crippen LogP contribution in [0, 0.1) is 11.8 Å². The van der Waals surface area contributed by atoms with Gasteiger partial charge < -0.3 is 5.32 Å². The summed E-state index contributed by atoms with van der Waals surface area (Å²) in [5.74, 6) is 2.20. The SMILES string of the molecule is C1NC[C@H]2CC12. The minimum Gasteiger partial charge on any atom is -0.316 e. The Bertz CT molecular complexity index is 62.3. The highest BCUT2D eigenvalue weighted by atomic mass is 14.9. The smallest absolute Gasteiger partial charge is 0.00172 e. The van der Waals surface area contributed by atoms with Crippen molar-refractivity contribution in [3.8, 4) is 0 Å². The Kier molecular flexibility index (Phi) is 0.396. The van der Waals surface area contributed by atoms with Gasteiger partial charge >= 0.3 is 0 Å². The average molecular weight is 83.1 g/mol. The normalized spacial score (nSPS) is 52.0. The molecule has 1 heterocycles. The third-order valence-electron chi connectivity index (χ3n) is 1.88. The molecule has 0 bridgehead atoms. The second-order valence-electron chi connectivity index (χ2n) is 2.41. The van der Waals surface area contributed by atoms with E-state index >= 15 is 0 Å². The minimum atomic E-state index is 1.10. The van der Waals surface area contributed by atoms with E-state index < -0.39 is 0 Å². The zero-order valence-electron chi connectivity index (χ0n) is 3.78. The van der Waals surface area contributed by atoms with E-state index in [1.807, 2.05) is 0 Å². The van der Waals surface area contributed by atoms with Crippen molar-refractivity contribution in [1.82, 2.24) is 5.32 Å². The molecule has 1 N–H and O–H groups in total. The lowest BCUT2D eigenvalue weighted by Gasteiger charge is -1.87. The van der Waals surface area contributed by atoms with Crippen LogP contribution < -0.4 is 5.32 Å². The molecular weight excluding hydrogens is 74.1 g/mol. The summed E-state index contributed by atoms with van der Waals surface area (Å²) in [4.78, 5) is 0. The fourth-order valence-corrected chi connectivity index (χ4v) is 1.26. The van der Waals surface area contributed by atoms with Gasteiger partial charge in [0, 0.05) is 0 Å². The van der Waals surface area contributed by atoms with Crippen LogP contribution in [0.3, 0.4) is 0 Å². The largest absolute Gasteiger partial charge is 0.316 e. The highest BCUT2D eigenvalue weighted by molar-refractivity contribution is 4.94. The fraction of sp³-hybridized carbons (Fsp3) is 1.00. The lowest BCUT2D eigenvalue weighted by Crippen LogP contribution is -2.10. The molecule has 1 aliphatic heterocycles. The third kappa shape index (κ3) is 0.243. The number of piperidine rings is 1. The molecule has 0 aromatic carbocycles. The van der Waals surface area contributed by atoms with Crippen LogP contribution in [0.15, 0.2) is 0 Å². The molecule has 2 aliphatic rings. The van der Waals surface area contributed by atoms with Gasteiger partial charge in [0.2, 0.25) is 0 Å². The highest BCUT2D eigenvalue weighted by Crippen LogP contribution is 2.40. The average Bonchev–Trinajstić information content (AvgIpc) is 2.17. The maximum atomic E-state index is 3.32. The van der Waals surface area contributed by atoms with Crippen LogP contribution >= 0.6 is 0 Å². The van der Waals surface area contributed by atoms with Crippen LogP contribution in [0.25, 0.3) is 0 Å². The van der Waals surface area contributed by atoms with Gasteiger partial charge in [-0.25, -0.2) is 0 Å². The first-order chi connectivity index (χ1) is 2.97. The van der Waals surface area contributed by atoms with E-state index in [-0.39, 0.29) is 0 Å². The Balaban J connectivity index is 2.09. The predicted molar refractivity (Wildman–Crippen MR) is 24.5 cm³/mol. The molecule has 2 atom stereocenters. The lowest BCUT2D eigenvalue weighted by molar-refractivity contribution is 0.732. The molecule has 0 spiro atoms. The molecule has 1 aliphatic carbocycles. The summed E-state index contributed by atoms with van der Waals surface area (Å²) in [6.07, 6.45) is 1.52. The number of nitrogens with one attached hydrogen (secondary N) is 1. The Morgan fingerprint density at radius 1 is 1.17 bits per heavy atom. The first kappa shape index (κ1) is 3.03. The number of hydrogen-bond donors (Lipinski definition) is 1. The molecule has 0 aromatic heterocycles. The minimum absolute atomic E-state index is 1.10. The zero-order valence-corrected chi connectivity index (χ0v) is 3.78. The molecule has 34 valence electrons. The van der Waals surface area contributed by atoms with Crippen LogP contribution in [0.1, 0.15) is 6.42 Å². The lowest BCUT2D eigenvalue weighted by atomic mass is 10.4. The van der Waals surface area contributed by atoms with Crippen molar-refractivity contribution in [3.05, 3.63) is 0 Å². The Morgan fingerprint density at radius 3 is 2.00 bits per heavy atom. The molecule has 1 nitrogen and oxygen atoms in total. The first-order valence-corrected chi connectivity index (χ1v) is 2.67. The quantitative estimate of drug-likeness (QED) is 0.442. The van der Waals surface area contributed by atoms with Crippen molar-refractivity contribution in [1.29, 1.82) is 0 Å². The van der Waals surface area contributed by atoms with Gasteiger partial charge in [0.25, 0.3) is 0 Å². The molecule has 0 radical (unpaired) electrons. The molecule has 1 saturated heterocycles. The van der Waals surface area contributed by atoms with Crippen molar-refractivity contribution in [2.75, 3.05) is 13.1 Å².